The quantitative estimate of drug-likeness (QED) is 0.773. The van der Waals surface area contributed by atoms with Gasteiger partial charge in [0.25, 0.3) is 5.91 Å². The number of benzene rings is 2. The maximum Gasteiger partial charge on any atom is 0.257 e. The van der Waals surface area contributed by atoms with Crippen molar-refractivity contribution in [3.05, 3.63) is 71.9 Å². The number of nitrogens with zero attached hydrogens (tertiary/aromatic N) is 1. The van der Waals surface area contributed by atoms with Gasteiger partial charge in [0.15, 0.2) is 0 Å². The van der Waals surface area contributed by atoms with Gasteiger partial charge in [-0.2, -0.15) is 0 Å². The molecule has 2 aromatic carbocycles. The lowest BCUT2D eigenvalue weighted by Crippen LogP contribution is -2.13. The number of nitrogens with two attached hydrogens (primary N) is 1. The van der Waals surface area contributed by atoms with E-state index in [0.717, 1.165) is 16.3 Å². The molecule has 1 amide bonds. The van der Waals surface area contributed by atoms with E-state index in [2.05, 4.69) is 10.3 Å². The van der Waals surface area contributed by atoms with E-state index in [1.807, 2.05) is 48.5 Å². The van der Waals surface area contributed by atoms with Crippen LogP contribution in [-0.4, -0.2) is 10.9 Å². The number of aromatic nitrogens is 1. The van der Waals surface area contributed by atoms with Gasteiger partial charge in [-0.25, -0.2) is 4.98 Å². The molecule has 0 saturated carbocycles. The second kappa shape index (κ2) is 5.73. The lowest BCUT2D eigenvalue weighted by Gasteiger charge is -2.08. The van der Waals surface area contributed by atoms with Gasteiger partial charge in [-0.1, -0.05) is 42.5 Å². The van der Waals surface area contributed by atoms with Crippen LogP contribution in [0.15, 0.2) is 60.8 Å². The summed E-state index contributed by atoms with van der Waals surface area (Å²) in [5, 5.41) is 4.78. The molecule has 0 spiro atoms. The Morgan fingerprint density at radius 2 is 1.86 bits per heavy atom. The van der Waals surface area contributed by atoms with Gasteiger partial charge < -0.3 is 11.1 Å². The van der Waals surface area contributed by atoms with Crippen LogP contribution in [0.5, 0.6) is 0 Å². The molecule has 104 valence electrons. The van der Waals surface area contributed by atoms with E-state index in [-0.39, 0.29) is 5.91 Å². The standard InChI is InChI=1S/C17H15N3O/c18-10-12-8-9-16(19-11-12)20-17(21)15-7-3-5-13-4-1-2-6-14(13)15/h1-9,11H,10,18H2,(H,19,20,21). The Hall–Kier alpha value is -2.72. The summed E-state index contributed by atoms with van der Waals surface area (Å²) in [5.74, 6) is 0.352. The van der Waals surface area contributed by atoms with E-state index in [9.17, 15) is 4.79 Å². The van der Waals surface area contributed by atoms with Gasteiger partial charge in [-0.05, 0) is 28.5 Å². The molecule has 3 aromatic rings. The Labute approximate surface area is 122 Å². The topological polar surface area (TPSA) is 68.0 Å². The van der Waals surface area contributed by atoms with Crippen molar-refractivity contribution in [2.45, 2.75) is 6.54 Å². The van der Waals surface area contributed by atoms with Crippen molar-refractivity contribution in [3.63, 3.8) is 0 Å². The Kier molecular flexibility index (Phi) is 3.62. The third-order valence-corrected chi connectivity index (χ3v) is 3.34. The molecule has 0 saturated heterocycles. The minimum Gasteiger partial charge on any atom is -0.326 e. The van der Waals surface area contributed by atoms with Crippen LogP contribution in [0.25, 0.3) is 10.8 Å². The minimum absolute atomic E-state index is 0.167. The maximum atomic E-state index is 12.4. The fraction of sp³-hybridized carbons (Fsp3) is 0.0588. The van der Waals surface area contributed by atoms with E-state index in [4.69, 9.17) is 5.73 Å². The Bertz CT molecular complexity index is 776. The van der Waals surface area contributed by atoms with Gasteiger partial charge in [-0.15, -0.1) is 0 Å². The van der Waals surface area contributed by atoms with E-state index in [1.165, 1.54) is 0 Å². The van der Waals surface area contributed by atoms with Crippen molar-refractivity contribution in [1.82, 2.24) is 4.98 Å². The number of nitrogens with one attached hydrogen (secondary N) is 1. The third kappa shape index (κ3) is 2.75. The number of amides is 1. The summed E-state index contributed by atoms with van der Waals surface area (Å²) in [4.78, 5) is 16.6. The molecule has 0 bridgehead atoms. The van der Waals surface area contributed by atoms with Crippen LogP contribution in [0.4, 0.5) is 5.82 Å². The number of rotatable bonds is 3. The van der Waals surface area contributed by atoms with Gasteiger partial charge in [0.05, 0.1) is 0 Å². The summed E-state index contributed by atoms with van der Waals surface area (Å²) < 4.78 is 0. The third-order valence-electron chi connectivity index (χ3n) is 3.34. The van der Waals surface area contributed by atoms with E-state index in [0.29, 0.717) is 17.9 Å². The number of carbonyl (C=O) groups excluding carboxylic acids is 1. The summed E-state index contributed by atoms with van der Waals surface area (Å²) in [6, 6.07) is 17.1. The molecule has 0 aliphatic carbocycles. The number of pyridine rings is 1. The smallest absolute Gasteiger partial charge is 0.257 e. The highest BCUT2D eigenvalue weighted by Crippen LogP contribution is 2.19. The molecule has 4 nitrogen and oxygen atoms in total. The highest BCUT2D eigenvalue weighted by atomic mass is 16.1. The fourth-order valence-electron chi connectivity index (χ4n) is 2.23. The Morgan fingerprint density at radius 3 is 2.62 bits per heavy atom. The van der Waals surface area contributed by atoms with Gasteiger partial charge in [0.2, 0.25) is 0 Å². The predicted octanol–water partition coefficient (Wildman–Crippen LogP) is 2.95. The van der Waals surface area contributed by atoms with E-state index < -0.39 is 0 Å². The molecule has 3 rings (SSSR count). The zero-order valence-corrected chi connectivity index (χ0v) is 11.4. The number of hydrogen-bond acceptors (Lipinski definition) is 3. The van der Waals surface area contributed by atoms with Crippen molar-refractivity contribution in [2.75, 3.05) is 5.32 Å². The van der Waals surface area contributed by atoms with Crippen molar-refractivity contribution in [1.29, 1.82) is 0 Å². The number of anilines is 1. The van der Waals surface area contributed by atoms with Crippen LogP contribution < -0.4 is 11.1 Å². The second-order valence-electron chi connectivity index (χ2n) is 4.74. The summed E-state index contributed by atoms with van der Waals surface area (Å²) >= 11 is 0. The Balaban J connectivity index is 1.90. The summed E-state index contributed by atoms with van der Waals surface area (Å²) in [5.41, 5.74) is 7.09. The molecule has 0 fully saturated rings. The molecule has 0 radical (unpaired) electrons. The van der Waals surface area contributed by atoms with Crippen LogP contribution in [0, 0.1) is 0 Å². The number of hydrogen-bond donors (Lipinski definition) is 2. The van der Waals surface area contributed by atoms with Crippen LogP contribution in [-0.2, 0) is 6.54 Å². The highest BCUT2D eigenvalue weighted by molar-refractivity contribution is 6.12. The first-order valence-electron chi connectivity index (χ1n) is 6.72. The molecule has 3 N–H and O–H groups in total. The van der Waals surface area contributed by atoms with Crippen molar-refractivity contribution in [2.24, 2.45) is 5.73 Å². The normalized spacial score (nSPS) is 10.5. The molecule has 21 heavy (non-hydrogen) atoms. The summed E-state index contributed by atoms with van der Waals surface area (Å²) in [6.45, 7) is 0.435. The van der Waals surface area contributed by atoms with Crippen molar-refractivity contribution in [3.8, 4) is 0 Å². The van der Waals surface area contributed by atoms with Crippen LogP contribution >= 0.6 is 0 Å². The lowest BCUT2D eigenvalue weighted by atomic mass is 10.0. The SMILES string of the molecule is NCc1ccc(NC(=O)c2cccc3ccccc23)nc1. The first-order chi connectivity index (χ1) is 10.3. The van der Waals surface area contributed by atoms with Crippen molar-refractivity contribution >= 4 is 22.5 Å². The molecule has 0 aliphatic heterocycles. The summed E-state index contributed by atoms with van der Waals surface area (Å²) in [6.07, 6.45) is 1.67. The zero-order valence-electron chi connectivity index (χ0n) is 11.4. The number of fused-ring (bicyclic) bond motifs is 1. The van der Waals surface area contributed by atoms with Crippen LogP contribution in [0.3, 0.4) is 0 Å². The van der Waals surface area contributed by atoms with Gasteiger partial charge in [-0.3, -0.25) is 4.79 Å². The fourth-order valence-corrected chi connectivity index (χ4v) is 2.23. The highest BCUT2D eigenvalue weighted by Gasteiger charge is 2.10. The van der Waals surface area contributed by atoms with Gasteiger partial charge >= 0.3 is 0 Å². The average Bonchev–Trinajstić information content (AvgIpc) is 2.55. The lowest BCUT2D eigenvalue weighted by molar-refractivity contribution is 0.102. The monoisotopic (exact) mass is 277 g/mol. The maximum absolute atomic E-state index is 12.4. The van der Waals surface area contributed by atoms with Gasteiger partial charge in [0.1, 0.15) is 5.82 Å². The Morgan fingerprint density at radius 1 is 1.05 bits per heavy atom. The second-order valence-corrected chi connectivity index (χ2v) is 4.74. The molecule has 4 heteroatoms. The molecule has 1 heterocycles. The predicted molar refractivity (Wildman–Crippen MR) is 84.0 cm³/mol. The largest absolute Gasteiger partial charge is 0.326 e. The van der Waals surface area contributed by atoms with Crippen molar-refractivity contribution < 1.29 is 4.79 Å². The molecule has 0 atom stereocenters. The van der Waals surface area contributed by atoms with Crippen LogP contribution in [0.1, 0.15) is 15.9 Å². The summed E-state index contributed by atoms with van der Waals surface area (Å²) in [7, 11) is 0. The first kappa shape index (κ1) is 13.3. The van der Waals surface area contributed by atoms with E-state index >= 15 is 0 Å². The number of carbonyl (C=O) groups is 1. The molecule has 0 unspecified atom stereocenters. The minimum atomic E-state index is -0.167. The average molecular weight is 277 g/mol. The van der Waals surface area contributed by atoms with E-state index in [1.54, 1.807) is 12.3 Å². The molecular weight excluding hydrogens is 262 g/mol. The molecule has 0 aliphatic rings. The van der Waals surface area contributed by atoms with Gasteiger partial charge in [0, 0.05) is 18.3 Å². The zero-order chi connectivity index (χ0) is 14.7. The first-order valence-corrected chi connectivity index (χ1v) is 6.72. The molecule has 1 aromatic heterocycles. The molecular formula is C17H15N3O. The van der Waals surface area contributed by atoms with Crippen LogP contribution in [0.2, 0.25) is 0 Å².